The van der Waals surface area contributed by atoms with Gasteiger partial charge in [0.2, 0.25) is 5.91 Å². The number of aldehydes is 2. The molecule has 1 atom stereocenters. The molecule has 1 saturated heterocycles. The van der Waals surface area contributed by atoms with Gasteiger partial charge in [-0.15, -0.1) is 0 Å². The lowest BCUT2D eigenvalue weighted by Crippen LogP contribution is -2.34. The summed E-state index contributed by atoms with van der Waals surface area (Å²) in [6.45, 7) is 1.49. The van der Waals surface area contributed by atoms with Gasteiger partial charge in [0.05, 0.1) is 22.8 Å². The van der Waals surface area contributed by atoms with Gasteiger partial charge in [0.15, 0.2) is 0 Å². The van der Waals surface area contributed by atoms with Crippen molar-refractivity contribution >= 4 is 35.2 Å². The molecule has 0 spiro atoms. The van der Waals surface area contributed by atoms with Crippen LogP contribution in [0.15, 0.2) is 23.0 Å². The smallest absolute Gasteiger partial charge is 0.329 e. The molecule has 1 unspecified atom stereocenters. The number of rotatable bonds is 7. The maximum Gasteiger partial charge on any atom is 0.329 e. The number of carbonyl (C=O) groups excluding carboxylic acids is 3. The number of carbonyl (C=O) groups is 3. The third kappa shape index (κ3) is 3.58. The van der Waals surface area contributed by atoms with Gasteiger partial charge in [-0.2, -0.15) is 0 Å². The van der Waals surface area contributed by atoms with E-state index in [0.717, 1.165) is 49.7 Å². The van der Waals surface area contributed by atoms with E-state index in [1.807, 2.05) is 18.2 Å². The number of anilines is 1. The minimum absolute atomic E-state index is 0.0908. The first-order chi connectivity index (χ1) is 13.5. The number of nitrogens with zero attached hydrogens (tertiary/aromatic N) is 3. The molecule has 28 heavy (non-hydrogen) atoms. The van der Waals surface area contributed by atoms with Crippen LogP contribution in [0.5, 0.6) is 0 Å². The molecule has 8 heteroatoms. The van der Waals surface area contributed by atoms with Gasteiger partial charge in [-0.05, 0) is 31.4 Å². The van der Waals surface area contributed by atoms with Crippen LogP contribution in [-0.4, -0.2) is 47.8 Å². The molecule has 2 heterocycles. The number of para-hydroxylation sites is 1. The Balaban J connectivity index is 2.01. The minimum Gasteiger partial charge on any atom is -0.370 e. The van der Waals surface area contributed by atoms with Gasteiger partial charge in [0.1, 0.15) is 12.6 Å². The highest BCUT2D eigenvalue weighted by atomic mass is 16.2. The predicted octanol–water partition coefficient (Wildman–Crippen LogP) is 1.02. The van der Waals surface area contributed by atoms with E-state index < -0.39 is 6.04 Å². The predicted molar refractivity (Wildman–Crippen MR) is 107 cm³/mol. The monoisotopic (exact) mass is 386 g/mol. The maximum atomic E-state index is 12.9. The fourth-order valence-electron chi connectivity index (χ4n) is 3.93. The Bertz CT molecular complexity index is 938. The van der Waals surface area contributed by atoms with E-state index in [1.165, 1.54) is 4.57 Å². The Morgan fingerprint density at radius 3 is 2.61 bits per heavy atom. The molecule has 8 nitrogen and oxygen atoms in total. The second-order valence-electron chi connectivity index (χ2n) is 7.23. The fraction of sp³-hybridized carbons (Fsp3) is 0.500. The van der Waals surface area contributed by atoms with Crippen molar-refractivity contribution in [1.82, 2.24) is 14.5 Å². The molecule has 0 aliphatic carbocycles. The number of aryl methyl sites for hydroxylation is 1. The summed E-state index contributed by atoms with van der Waals surface area (Å²) in [5.41, 5.74) is 2.09. The van der Waals surface area contributed by atoms with Crippen molar-refractivity contribution < 1.29 is 14.4 Å². The first-order valence-electron chi connectivity index (χ1n) is 9.57. The number of piperidine rings is 1. The quantitative estimate of drug-likeness (QED) is 0.717. The number of nitrogens with one attached hydrogen (secondary N) is 1. The molecule has 1 aromatic heterocycles. The van der Waals surface area contributed by atoms with E-state index in [1.54, 1.807) is 18.7 Å². The lowest BCUT2D eigenvalue weighted by atomic mass is 9.98. The van der Waals surface area contributed by atoms with Crippen molar-refractivity contribution in [2.75, 3.05) is 25.0 Å². The van der Waals surface area contributed by atoms with Crippen LogP contribution in [0.1, 0.15) is 31.7 Å². The zero-order valence-corrected chi connectivity index (χ0v) is 16.3. The molecule has 1 aliphatic heterocycles. The summed E-state index contributed by atoms with van der Waals surface area (Å²) in [4.78, 5) is 49.5. The Morgan fingerprint density at radius 2 is 2.00 bits per heavy atom. The standard InChI is InChI=1S/C20H26N4O4/c1-21-18(27)7-6-15(13-26)24-17-5-3-4-16(19(17)22(2)20(24)28)23-10-8-14(12-25)9-11-23/h3-5,12-15H,6-11H2,1-2H3,(H,21,27). The van der Waals surface area contributed by atoms with Crippen LogP contribution in [0.3, 0.4) is 0 Å². The summed E-state index contributed by atoms with van der Waals surface area (Å²) in [6, 6.07) is 4.97. The van der Waals surface area contributed by atoms with E-state index in [9.17, 15) is 19.2 Å². The van der Waals surface area contributed by atoms with E-state index in [2.05, 4.69) is 10.2 Å². The number of fused-ring (bicyclic) bond motifs is 1. The molecule has 1 amide bonds. The van der Waals surface area contributed by atoms with Crippen LogP contribution in [0.2, 0.25) is 0 Å². The van der Waals surface area contributed by atoms with Crippen LogP contribution in [-0.2, 0) is 21.4 Å². The van der Waals surface area contributed by atoms with Crippen LogP contribution < -0.4 is 15.9 Å². The summed E-state index contributed by atoms with van der Waals surface area (Å²) < 4.78 is 3.04. The fourth-order valence-corrected chi connectivity index (χ4v) is 3.93. The van der Waals surface area contributed by atoms with E-state index in [0.29, 0.717) is 5.52 Å². The molecule has 1 aliphatic rings. The molecule has 1 fully saturated rings. The molecule has 0 bridgehead atoms. The molecule has 1 aromatic carbocycles. The average Bonchev–Trinajstić information content (AvgIpc) is 2.99. The number of aromatic nitrogens is 2. The van der Waals surface area contributed by atoms with Crippen LogP contribution in [0, 0.1) is 5.92 Å². The highest BCUT2D eigenvalue weighted by molar-refractivity contribution is 5.90. The van der Waals surface area contributed by atoms with Gasteiger partial charge in [0.25, 0.3) is 0 Å². The number of imidazole rings is 1. The Labute approximate surface area is 163 Å². The van der Waals surface area contributed by atoms with E-state index >= 15 is 0 Å². The van der Waals surface area contributed by atoms with Crippen molar-refractivity contribution in [1.29, 1.82) is 0 Å². The van der Waals surface area contributed by atoms with Gasteiger partial charge >= 0.3 is 5.69 Å². The van der Waals surface area contributed by atoms with Gasteiger partial charge in [0, 0.05) is 39.5 Å². The molecule has 0 saturated carbocycles. The van der Waals surface area contributed by atoms with Gasteiger partial charge in [-0.25, -0.2) is 4.79 Å². The van der Waals surface area contributed by atoms with Crippen molar-refractivity contribution in [3.8, 4) is 0 Å². The third-order valence-electron chi connectivity index (χ3n) is 5.59. The molecular formula is C20H26N4O4. The highest BCUT2D eigenvalue weighted by Gasteiger charge is 2.25. The van der Waals surface area contributed by atoms with Gasteiger partial charge in [-0.1, -0.05) is 6.07 Å². The number of benzene rings is 1. The number of hydrogen-bond donors (Lipinski definition) is 1. The summed E-state index contributed by atoms with van der Waals surface area (Å²) >= 11 is 0. The zero-order chi connectivity index (χ0) is 20.3. The van der Waals surface area contributed by atoms with Crippen molar-refractivity contribution in [3.63, 3.8) is 0 Å². The largest absolute Gasteiger partial charge is 0.370 e. The van der Waals surface area contributed by atoms with E-state index in [4.69, 9.17) is 0 Å². The molecule has 2 aromatic rings. The first kappa shape index (κ1) is 19.9. The lowest BCUT2D eigenvalue weighted by Gasteiger charge is -2.32. The Morgan fingerprint density at radius 1 is 1.29 bits per heavy atom. The molecule has 3 rings (SSSR count). The summed E-state index contributed by atoms with van der Waals surface area (Å²) in [7, 11) is 3.24. The minimum atomic E-state index is -0.704. The second kappa shape index (κ2) is 8.41. The zero-order valence-electron chi connectivity index (χ0n) is 16.3. The summed E-state index contributed by atoms with van der Waals surface area (Å²) in [5, 5.41) is 2.53. The SMILES string of the molecule is CNC(=O)CCC(C=O)n1c(=O)n(C)c2c(N3CCC(C=O)CC3)cccc21. The first-order valence-corrected chi connectivity index (χ1v) is 9.57. The topological polar surface area (TPSA) is 93.4 Å². The van der Waals surface area contributed by atoms with Crippen LogP contribution in [0.4, 0.5) is 5.69 Å². The number of hydrogen-bond acceptors (Lipinski definition) is 5. The molecule has 1 N–H and O–H groups in total. The van der Waals surface area contributed by atoms with Crippen LogP contribution >= 0.6 is 0 Å². The highest BCUT2D eigenvalue weighted by Crippen LogP contribution is 2.30. The normalized spacial score (nSPS) is 16.1. The average molecular weight is 386 g/mol. The van der Waals surface area contributed by atoms with Crippen LogP contribution in [0.25, 0.3) is 11.0 Å². The van der Waals surface area contributed by atoms with Crippen molar-refractivity contribution in [2.45, 2.75) is 31.7 Å². The van der Waals surface area contributed by atoms with Gasteiger partial charge in [-0.3, -0.25) is 13.9 Å². The summed E-state index contributed by atoms with van der Waals surface area (Å²) in [5.74, 6) is -0.0769. The van der Waals surface area contributed by atoms with Gasteiger partial charge < -0.3 is 19.8 Å². The maximum absolute atomic E-state index is 12.9. The number of amides is 1. The second-order valence-corrected chi connectivity index (χ2v) is 7.23. The summed E-state index contributed by atoms with van der Waals surface area (Å²) in [6.07, 6.45) is 3.76. The third-order valence-corrected chi connectivity index (χ3v) is 5.59. The Hall–Kier alpha value is -2.90. The van der Waals surface area contributed by atoms with Crippen molar-refractivity contribution in [3.05, 3.63) is 28.7 Å². The lowest BCUT2D eigenvalue weighted by molar-refractivity contribution is -0.121. The molecule has 0 radical (unpaired) electrons. The van der Waals surface area contributed by atoms with Crippen molar-refractivity contribution in [2.24, 2.45) is 13.0 Å². The molecule has 150 valence electrons. The Kier molecular flexibility index (Phi) is 5.96. The van der Waals surface area contributed by atoms with E-state index in [-0.39, 0.29) is 30.4 Å². The molecular weight excluding hydrogens is 360 g/mol.